The molecule has 9 heavy (non-hydrogen) atoms. The minimum atomic E-state index is -0.802. The largest absolute Gasteiger partial charge is 0.298 e. The number of carbonyl (C=O) groups excluding carboxylic acids is 2. The summed E-state index contributed by atoms with van der Waals surface area (Å²) < 4.78 is 6.69. The Morgan fingerprint density at radius 2 is 2.44 bits per heavy atom. The highest BCUT2D eigenvalue weighted by Crippen LogP contribution is 2.10. The maximum atomic E-state index is 10.4. The van der Waals surface area contributed by atoms with Crippen molar-refractivity contribution in [3.8, 4) is 0 Å². The summed E-state index contributed by atoms with van der Waals surface area (Å²) in [6.45, 7) is 0. The molecule has 0 radical (unpaired) electrons. The van der Waals surface area contributed by atoms with Gasteiger partial charge in [-0.15, -0.1) is 11.3 Å². The number of aldehydes is 2. The smallest absolute Gasteiger partial charge is 0.160 e. The van der Waals surface area contributed by atoms with Crippen molar-refractivity contribution in [2.75, 3.05) is 0 Å². The lowest BCUT2D eigenvalue weighted by Crippen LogP contribution is -1.79. The molecule has 1 aromatic heterocycles. The molecule has 0 aliphatic carbocycles. The van der Waals surface area contributed by atoms with Crippen LogP contribution in [0.25, 0.3) is 0 Å². The van der Waals surface area contributed by atoms with Crippen LogP contribution in [0.15, 0.2) is 11.4 Å². The number of hydrogen-bond acceptors (Lipinski definition) is 3. The van der Waals surface area contributed by atoms with Crippen molar-refractivity contribution in [3.63, 3.8) is 0 Å². The fraction of sp³-hybridized carbons (Fsp3) is 0. The van der Waals surface area contributed by atoms with E-state index in [1.54, 1.807) is 5.38 Å². The minimum absolute atomic E-state index is 0.194. The van der Waals surface area contributed by atoms with Crippen LogP contribution in [0.1, 0.15) is 21.4 Å². The molecule has 0 spiro atoms. The number of thiophene rings is 1. The van der Waals surface area contributed by atoms with E-state index in [0.29, 0.717) is 11.2 Å². The lowest BCUT2D eigenvalue weighted by molar-refractivity contribution is 0.109. The molecule has 1 aromatic rings. The van der Waals surface area contributed by atoms with Crippen LogP contribution in [-0.4, -0.2) is 12.5 Å². The third-order valence-corrected chi connectivity index (χ3v) is 1.75. The average Bonchev–Trinajstić information content (AvgIpc) is 2.33. The van der Waals surface area contributed by atoms with Gasteiger partial charge in [-0.25, -0.2) is 0 Å². The highest BCUT2D eigenvalue weighted by atomic mass is 32.1. The van der Waals surface area contributed by atoms with Crippen molar-refractivity contribution in [2.45, 2.75) is 0 Å². The molecule has 0 saturated heterocycles. The summed E-state index contributed by atoms with van der Waals surface area (Å²) in [5.41, 5.74) is 0.194. The second-order valence-electron chi connectivity index (χ2n) is 1.42. The maximum Gasteiger partial charge on any atom is 0.160 e. The van der Waals surface area contributed by atoms with Gasteiger partial charge in [0.15, 0.2) is 12.5 Å². The molecule has 3 heteroatoms. The average molecular weight is 141 g/mol. The van der Waals surface area contributed by atoms with Gasteiger partial charge < -0.3 is 0 Å². The van der Waals surface area contributed by atoms with Gasteiger partial charge in [0, 0.05) is 5.56 Å². The van der Waals surface area contributed by atoms with Gasteiger partial charge in [-0.2, -0.15) is 0 Å². The summed E-state index contributed by atoms with van der Waals surface area (Å²) in [5, 5.41) is 1.62. The summed E-state index contributed by atoms with van der Waals surface area (Å²) in [4.78, 5) is 20.9. The fourth-order valence-electron chi connectivity index (χ4n) is 0.497. The second kappa shape index (κ2) is 2.55. The lowest BCUT2D eigenvalue weighted by atomic mass is 10.3. The number of hydrogen-bond donors (Lipinski definition) is 0. The molecular formula is C6H4O2S. The summed E-state index contributed by atoms with van der Waals surface area (Å²) in [6, 6.07) is 1.48. The molecule has 0 unspecified atom stereocenters. The lowest BCUT2D eigenvalue weighted by Gasteiger charge is -1.78. The summed E-state index contributed by atoms with van der Waals surface area (Å²) in [5.74, 6) is 0. The Hall–Kier alpha value is -0.960. The molecule has 0 amide bonds. The van der Waals surface area contributed by atoms with Crippen LogP contribution in [-0.2, 0) is 0 Å². The first-order valence-corrected chi connectivity index (χ1v) is 3.17. The van der Waals surface area contributed by atoms with Crippen LogP contribution >= 0.6 is 11.3 Å². The quantitative estimate of drug-likeness (QED) is 0.583. The van der Waals surface area contributed by atoms with Gasteiger partial charge in [0.05, 0.1) is 4.88 Å². The van der Waals surface area contributed by atoms with Gasteiger partial charge in [0.1, 0.15) is 1.37 Å². The van der Waals surface area contributed by atoms with Crippen molar-refractivity contribution >= 4 is 23.9 Å². The Kier molecular flexibility index (Phi) is 1.38. The summed E-state index contributed by atoms with van der Waals surface area (Å²) >= 11 is 1.17. The molecule has 0 bridgehead atoms. The second-order valence-corrected chi connectivity index (χ2v) is 2.37. The van der Waals surface area contributed by atoms with Crippen molar-refractivity contribution in [1.29, 1.82) is 0 Å². The van der Waals surface area contributed by atoms with E-state index in [9.17, 15) is 9.59 Å². The monoisotopic (exact) mass is 141 g/mol. The molecule has 1 rings (SSSR count). The third-order valence-electron chi connectivity index (χ3n) is 0.912. The number of rotatable bonds is 2. The molecule has 0 aromatic carbocycles. The van der Waals surface area contributed by atoms with Crippen LogP contribution < -0.4 is 0 Å². The van der Waals surface area contributed by atoms with Gasteiger partial charge in [-0.1, -0.05) is 0 Å². The normalized spacial score (nSPS) is 10.4. The van der Waals surface area contributed by atoms with Crippen LogP contribution in [0, 0.1) is 0 Å². The SMILES string of the molecule is [2H]C(=O)c1ccsc1C=O. The van der Waals surface area contributed by atoms with Crippen molar-refractivity contribution in [3.05, 3.63) is 21.9 Å². The third kappa shape index (κ3) is 1.05. The highest BCUT2D eigenvalue weighted by Gasteiger charge is 1.98. The van der Waals surface area contributed by atoms with E-state index >= 15 is 0 Å². The molecule has 0 aliphatic heterocycles. The van der Waals surface area contributed by atoms with Crippen LogP contribution in [0.3, 0.4) is 0 Å². The van der Waals surface area contributed by atoms with Gasteiger partial charge in [-0.05, 0) is 11.4 Å². The minimum Gasteiger partial charge on any atom is -0.298 e. The Labute approximate surface area is 57.5 Å². The van der Waals surface area contributed by atoms with Gasteiger partial charge in [0.25, 0.3) is 0 Å². The summed E-state index contributed by atoms with van der Waals surface area (Å²) in [6.07, 6.45) is -0.213. The summed E-state index contributed by atoms with van der Waals surface area (Å²) in [7, 11) is 0. The van der Waals surface area contributed by atoms with Gasteiger partial charge >= 0.3 is 0 Å². The molecule has 2 nitrogen and oxygen atoms in total. The predicted octanol–water partition coefficient (Wildman–Crippen LogP) is 1.37. The highest BCUT2D eigenvalue weighted by molar-refractivity contribution is 7.12. The molecule has 0 N–H and O–H groups in total. The van der Waals surface area contributed by atoms with Gasteiger partial charge in [-0.3, -0.25) is 9.59 Å². The molecular weight excluding hydrogens is 136 g/mol. The topological polar surface area (TPSA) is 34.1 Å². The van der Waals surface area contributed by atoms with E-state index in [4.69, 9.17) is 1.37 Å². The van der Waals surface area contributed by atoms with Gasteiger partial charge in [0.2, 0.25) is 0 Å². The van der Waals surface area contributed by atoms with E-state index < -0.39 is 6.26 Å². The van der Waals surface area contributed by atoms with Crippen LogP contribution in [0.2, 0.25) is 0 Å². The van der Waals surface area contributed by atoms with E-state index in [2.05, 4.69) is 0 Å². The van der Waals surface area contributed by atoms with E-state index in [1.165, 1.54) is 17.4 Å². The number of carbonyl (C=O) groups is 2. The fourth-order valence-corrected chi connectivity index (χ4v) is 1.14. The predicted molar refractivity (Wildman–Crippen MR) is 35.1 cm³/mol. The molecule has 1 heterocycles. The Morgan fingerprint density at radius 3 is 2.89 bits per heavy atom. The zero-order chi connectivity index (χ0) is 7.56. The van der Waals surface area contributed by atoms with Crippen molar-refractivity contribution in [1.82, 2.24) is 0 Å². The zero-order valence-corrected chi connectivity index (χ0v) is 5.27. The zero-order valence-electron chi connectivity index (χ0n) is 5.46. The Morgan fingerprint density at radius 1 is 1.67 bits per heavy atom. The Balaban J connectivity index is 3.13. The Bertz CT molecular complexity index is 266. The molecule has 0 saturated carbocycles. The first kappa shape index (κ1) is 4.88. The first-order valence-electron chi connectivity index (χ1n) is 2.79. The molecule has 0 aliphatic rings. The molecule has 0 atom stereocenters. The molecule has 46 valence electrons. The van der Waals surface area contributed by atoms with E-state index in [-0.39, 0.29) is 5.56 Å². The first-order chi connectivity index (χ1) is 4.75. The van der Waals surface area contributed by atoms with E-state index in [1.807, 2.05) is 0 Å². The van der Waals surface area contributed by atoms with Crippen LogP contribution in [0.5, 0.6) is 0 Å². The maximum absolute atomic E-state index is 10.4. The van der Waals surface area contributed by atoms with E-state index in [0.717, 1.165) is 0 Å². The van der Waals surface area contributed by atoms with Crippen molar-refractivity contribution in [2.24, 2.45) is 0 Å². The van der Waals surface area contributed by atoms with Crippen LogP contribution in [0.4, 0.5) is 0 Å². The van der Waals surface area contributed by atoms with Crippen molar-refractivity contribution < 1.29 is 11.0 Å². The standard InChI is InChI=1S/C6H4O2S/c7-3-5-1-2-9-6(5)4-8/h1-4H/i3D. The molecule has 0 fully saturated rings.